The Hall–Kier alpha value is -1.99. The Bertz CT molecular complexity index is 712. The molecular weight excluding hydrogens is 272 g/mol. The smallest absolute Gasteiger partial charge is 0.229 e. The molecule has 0 saturated carbocycles. The number of aromatic nitrogens is 4. The van der Waals surface area contributed by atoms with Gasteiger partial charge < -0.3 is 11.1 Å². The van der Waals surface area contributed by atoms with Crippen molar-refractivity contribution in [2.75, 3.05) is 11.1 Å². The molecule has 0 aliphatic heterocycles. The minimum absolute atomic E-state index is 0.373. The van der Waals surface area contributed by atoms with Crippen molar-refractivity contribution in [1.82, 2.24) is 18.7 Å². The molecule has 2 aromatic heterocycles. The number of rotatable bonds is 2. The predicted octanol–water partition coefficient (Wildman–Crippen LogP) is 2.46. The molecule has 0 atom stereocenters. The van der Waals surface area contributed by atoms with Gasteiger partial charge in [-0.25, -0.2) is 4.98 Å². The molecule has 0 saturated heterocycles. The first-order chi connectivity index (χ1) is 8.74. The standard InChI is InChI=1S/C10H7ClN6S/c11-5-1-2-6-9(17-18-16-6)8(5)15-10-13-4-3-7(12)14-10/h1-4H,(H3,12,13,14,15). The molecular formula is C10H7ClN6S. The average Bonchev–Trinajstić information content (AvgIpc) is 2.81. The molecule has 0 unspecified atom stereocenters. The Kier molecular flexibility index (Phi) is 2.69. The van der Waals surface area contributed by atoms with Crippen LogP contribution in [0.15, 0.2) is 24.4 Å². The van der Waals surface area contributed by atoms with Crippen LogP contribution >= 0.6 is 23.3 Å². The highest BCUT2D eigenvalue weighted by Crippen LogP contribution is 2.31. The Labute approximate surface area is 111 Å². The van der Waals surface area contributed by atoms with E-state index in [1.807, 2.05) is 6.07 Å². The third-order valence-corrected chi connectivity index (χ3v) is 3.15. The summed E-state index contributed by atoms with van der Waals surface area (Å²) in [5, 5.41) is 3.54. The van der Waals surface area contributed by atoms with Gasteiger partial charge in [-0.05, 0) is 18.2 Å². The molecule has 0 aliphatic carbocycles. The first-order valence-corrected chi connectivity index (χ1v) is 6.11. The molecule has 3 N–H and O–H groups in total. The van der Waals surface area contributed by atoms with E-state index in [0.29, 0.717) is 28.0 Å². The van der Waals surface area contributed by atoms with Gasteiger partial charge in [-0.1, -0.05) is 11.6 Å². The van der Waals surface area contributed by atoms with Crippen LogP contribution in [0, 0.1) is 0 Å². The van der Waals surface area contributed by atoms with E-state index in [1.54, 1.807) is 18.3 Å². The van der Waals surface area contributed by atoms with Crippen molar-refractivity contribution in [3.63, 3.8) is 0 Å². The van der Waals surface area contributed by atoms with Crippen molar-refractivity contribution in [3.05, 3.63) is 29.4 Å². The van der Waals surface area contributed by atoms with Gasteiger partial charge in [0.15, 0.2) is 0 Å². The summed E-state index contributed by atoms with van der Waals surface area (Å²) in [6.07, 6.45) is 1.57. The van der Waals surface area contributed by atoms with Crippen molar-refractivity contribution in [2.24, 2.45) is 0 Å². The first kappa shape index (κ1) is 11.1. The molecule has 3 rings (SSSR count). The Morgan fingerprint density at radius 2 is 2.11 bits per heavy atom. The number of nitrogens with two attached hydrogens (primary N) is 1. The molecule has 0 fully saturated rings. The summed E-state index contributed by atoms with van der Waals surface area (Å²) >= 11 is 7.26. The van der Waals surface area contributed by atoms with Crippen molar-refractivity contribution in [2.45, 2.75) is 0 Å². The van der Waals surface area contributed by atoms with Crippen molar-refractivity contribution >= 4 is 51.8 Å². The number of nitrogens with one attached hydrogen (secondary N) is 1. The minimum Gasteiger partial charge on any atom is -0.384 e. The van der Waals surface area contributed by atoms with Gasteiger partial charge in [0.05, 0.1) is 22.4 Å². The van der Waals surface area contributed by atoms with E-state index in [2.05, 4.69) is 24.0 Å². The van der Waals surface area contributed by atoms with Gasteiger partial charge in [-0.3, -0.25) is 0 Å². The number of benzene rings is 1. The molecule has 0 amide bonds. The van der Waals surface area contributed by atoms with Gasteiger partial charge >= 0.3 is 0 Å². The topological polar surface area (TPSA) is 89.6 Å². The second-order valence-electron chi connectivity index (χ2n) is 3.48. The highest BCUT2D eigenvalue weighted by Gasteiger charge is 2.11. The van der Waals surface area contributed by atoms with E-state index in [9.17, 15) is 0 Å². The normalized spacial score (nSPS) is 10.7. The van der Waals surface area contributed by atoms with Crippen LogP contribution in [-0.4, -0.2) is 18.7 Å². The van der Waals surface area contributed by atoms with E-state index < -0.39 is 0 Å². The van der Waals surface area contributed by atoms with Gasteiger partial charge in [0.25, 0.3) is 0 Å². The molecule has 90 valence electrons. The predicted molar refractivity (Wildman–Crippen MR) is 72.2 cm³/mol. The molecule has 0 bridgehead atoms. The molecule has 0 aliphatic rings. The number of nitrogen functional groups attached to an aromatic ring is 1. The van der Waals surface area contributed by atoms with Gasteiger partial charge in [0.1, 0.15) is 16.9 Å². The maximum Gasteiger partial charge on any atom is 0.229 e. The van der Waals surface area contributed by atoms with Gasteiger partial charge in [0.2, 0.25) is 5.95 Å². The maximum absolute atomic E-state index is 6.14. The van der Waals surface area contributed by atoms with Crippen LogP contribution in [0.2, 0.25) is 5.02 Å². The summed E-state index contributed by atoms with van der Waals surface area (Å²) < 4.78 is 8.34. The van der Waals surface area contributed by atoms with Crippen molar-refractivity contribution in [1.29, 1.82) is 0 Å². The van der Waals surface area contributed by atoms with Crippen LogP contribution in [0.3, 0.4) is 0 Å². The Morgan fingerprint density at radius 1 is 1.22 bits per heavy atom. The molecule has 3 aromatic rings. The summed E-state index contributed by atoms with van der Waals surface area (Å²) in [4.78, 5) is 8.11. The molecule has 1 aromatic carbocycles. The van der Waals surface area contributed by atoms with Crippen LogP contribution in [0.25, 0.3) is 11.0 Å². The summed E-state index contributed by atoms with van der Waals surface area (Å²) in [5.74, 6) is 0.754. The zero-order valence-corrected chi connectivity index (χ0v) is 10.5. The monoisotopic (exact) mass is 278 g/mol. The Balaban J connectivity index is 2.09. The van der Waals surface area contributed by atoms with Crippen LogP contribution in [0.4, 0.5) is 17.5 Å². The lowest BCUT2D eigenvalue weighted by Crippen LogP contribution is -2.00. The summed E-state index contributed by atoms with van der Waals surface area (Å²) in [6, 6.07) is 5.17. The Morgan fingerprint density at radius 3 is 2.94 bits per heavy atom. The van der Waals surface area contributed by atoms with E-state index in [0.717, 1.165) is 17.2 Å². The zero-order valence-electron chi connectivity index (χ0n) is 8.96. The quantitative estimate of drug-likeness (QED) is 0.748. The van der Waals surface area contributed by atoms with Crippen LogP contribution in [0.1, 0.15) is 0 Å². The molecule has 8 heteroatoms. The third kappa shape index (κ3) is 1.93. The van der Waals surface area contributed by atoms with Crippen LogP contribution in [-0.2, 0) is 0 Å². The number of hydrogen-bond donors (Lipinski definition) is 2. The average molecular weight is 279 g/mol. The van der Waals surface area contributed by atoms with Crippen LogP contribution < -0.4 is 11.1 Å². The second-order valence-corrected chi connectivity index (χ2v) is 4.42. The molecule has 0 spiro atoms. The van der Waals surface area contributed by atoms with E-state index in [-0.39, 0.29) is 0 Å². The van der Waals surface area contributed by atoms with Crippen molar-refractivity contribution in [3.8, 4) is 0 Å². The molecule has 0 radical (unpaired) electrons. The highest BCUT2D eigenvalue weighted by atomic mass is 35.5. The van der Waals surface area contributed by atoms with E-state index >= 15 is 0 Å². The first-order valence-electron chi connectivity index (χ1n) is 5.00. The lowest BCUT2D eigenvalue weighted by atomic mass is 10.2. The number of fused-ring (bicyclic) bond motifs is 1. The largest absolute Gasteiger partial charge is 0.384 e. The third-order valence-electron chi connectivity index (χ3n) is 2.29. The van der Waals surface area contributed by atoms with Gasteiger partial charge in [-0.2, -0.15) is 13.7 Å². The molecule has 18 heavy (non-hydrogen) atoms. The second kappa shape index (κ2) is 4.35. The van der Waals surface area contributed by atoms with Gasteiger partial charge in [0, 0.05) is 6.20 Å². The lowest BCUT2D eigenvalue weighted by Gasteiger charge is -2.07. The maximum atomic E-state index is 6.14. The summed E-state index contributed by atoms with van der Waals surface area (Å²) in [7, 11) is 0. The number of hydrogen-bond acceptors (Lipinski definition) is 7. The van der Waals surface area contributed by atoms with Gasteiger partial charge in [-0.15, -0.1) is 0 Å². The minimum atomic E-state index is 0.373. The fraction of sp³-hybridized carbons (Fsp3) is 0. The SMILES string of the molecule is Nc1ccnc(Nc2c(Cl)ccc3nsnc23)n1. The lowest BCUT2D eigenvalue weighted by molar-refractivity contribution is 1.18. The van der Waals surface area contributed by atoms with E-state index in [4.69, 9.17) is 17.3 Å². The summed E-state index contributed by atoms with van der Waals surface area (Å²) in [5.41, 5.74) is 7.69. The molecule has 2 heterocycles. The fourth-order valence-electron chi connectivity index (χ4n) is 1.49. The highest BCUT2D eigenvalue weighted by molar-refractivity contribution is 7.00. The molecule has 6 nitrogen and oxygen atoms in total. The zero-order chi connectivity index (χ0) is 12.5. The fourth-order valence-corrected chi connectivity index (χ4v) is 2.23. The van der Waals surface area contributed by atoms with Crippen molar-refractivity contribution < 1.29 is 0 Å². The van der Waals surface area contributed by atoms with E-state index in [1.165, 1.54) is 0 Å². The number of nitrogens with zero attached hydrogens (tertiary/aromatic N) is 4. The number of anilines is 3. The van der Waals surface area contributed by atoms with Crippen LogP contribution in [0.5, 0.6) is 0 Å². The summed E-state index contributed by atoms with van der Waals surface area (Å²) in [6.45, 7) is 0. The number of halogens is 1.